The van der Waals surface area contributed by atoms with Gasteiger partial charge >= 0.3 is 0 Å². The highest BCUT2D eigenvalue weighted by Crippen LogP contribution is 2.27. The summed E-state index contributed by atoms with van der Waals surface area (Å²) in [5.74, 6) is 0. The maximum absolute atomic E-state index is 6.14. The summed E-state index contributed by atoms with van der Waals surface area (Å²) in [5.41, 5.74) is 7.04. The Labute approximate surface area is 195 Å². The molecule has 1 heterocycles. The summed E-state index contributed by atoms with van der Waals surface area (Å²) in [6.45, 7) is 3.70. The van der Waals surface area contributed by atoms with Gasteiger partial charge in [0.05, 0.1) is 11.7 Å². The zero-order chi connectivity index (χ0) is 22.5. The number of pyridine rings is 1. The van der Waals surface area contributed by atoms with Crippen molar-refractivity contribution in [3.63, 3.8) is 0 Å². The summed E-state index contributed by atoms with van der Waals surface area (Å²) < 4.78 is 0. The third-order valence-corrected chi connectivity index (χ3v) is 6.03. The summed E-state index contributed by atoms with van der Waals surface area (Å²) in [5, 5.41) is 8.87. The molecular weight excluding hydrogens is 416 g/mol. The molecule has 0 radical (unpaired) electrons. The number of aryl methyl sites for hydroxylation is 1. The molecule has 4 aromatic rings. The molecule has 1 unspecified atom stereocenters. The average Bonchev–Trinajstić information content (AvgIpc) is 2.80. The summed E-state index contributed by atoms with van der Waals surface area (Å²) >= 11 is 6.14. The van der Waals surface area contributed by atoms with Crippen molar-refractivity contribution in [2.45, 2.75) is 26.2 Å². The Hall–Kier alpha value is -2.92. The minimum atomic E-state index is 0.0993. The number of rotatable bonds is 8. The fourth-order valence-corrected chi connectivity index (χ4v) is 4.28. The van der Waals surface area contributed by atoms with Crippen LogP contribution in [0.25, 0.3) is 10.9 Å². The van der Waals surface area contributed by atoms with Crippen LogP contribution in [-0.2, 0) is 13.1 Å². The van der Waals surface area contributed by atoms with Crippen LogP contribution < -0.4 is 10.6 Å². The van der Waals surface area contributed by atoms with Crippen LogP contribution in [0.15, 0.2) is 79.0 Å². The van der Waals surface area contributed by atoms with Crippen LogP contribution >= 0.6 is 11.6 Å². The van der Waals surface area contributed by atoms with Gasteiger partial charge in [-0.05, 0) is 62.0 Å². The first-order chi connectivity index (χ1) is 15.5. The highest BCUT2D eigenvalue weighted by atomic mass is 35.5. The Morgan fingerprint density at radius 3 is 2.56 bits per heavy atom. The van der Waals surface area contributed by atoms with Crippen molar-refractivity contribution in [3.05, 3.63) is 106 Å². The number of benzene rings is 3. The molecule has 0 fully saturated rings. The molecule has 3 aromatic carbocycles. The van der Waals surface area contributed by atoms with Crippen LogP contribution in [0.4, 0.5) is 5.69 Å². The number of halogens is 1. The number of nitrogens with one attached hydrogen (secondary N) is 2. The molecule has 0 aliphatic carbocycles. The van der Waals surface area contributed by atoms with E-state index in [1.807, 2.05) is 37.5 Å². The number of fused-ring (bicyclic) bond motifs is 1. The summed E-state index contributed by atoms with van der Waals surface area (Å²) in [7, 11) is 4.17. The predicted octanol–water partition coefficient (Wildman–Crippen LogP) is 6.16. The van der Waals surface area contributed by atoms with Crippen molar-refractivity contribution in [1.29, 1.82) is 0 Å². The predicted molar refractivity (Wildman–Crippen MR) is 135 cm³/mol. The van der Waals surface area contributed by atoms with Crippen molar-refractivity contribution in [1.82, 2.24) is 15.2 Å². The lowest BCUT2D eigenvalue weighted by atomic mass is 10.0. The van der Waals surface area contributed by atoms with E-state index < -0.39 is 0 Å². The van der Waals surface area contributed by atoms with Gasteiger partial charge in [0.15, 0.2) is 0 Å². The summed E-state index contributed by atoms with van der Waals surface area (Å²) in [4.78, 5) is 6.78. The van der Waals surface area contributed by atoms with Crippen LogP contribution in [0, 0.1) is 6.92 Å². The Morgan fingerprint density at radius 1 is 1.00 bits per heavy atom. The number of nitrogens with zero attached hydrogens (tertiary/aromatic N) is 2. The van der Waals surface area contributed by atoms with Gasteiger partial charge in [-0.15, -0.1) is 0 Å². The molecule has 164 valence electrons. The van der Waals surface area contributed by atoms with Crippen molar-refractivity contribution in [2.75, 3.05) is 19.4 Å². The van der Waals surface area contributed by atoms with E-state index in [1.165, 1.54) is 22.3 Å². The number of hydrogen-bond acceptors (Lipinski definition) is 4. The standard InChI is InChI=1S/C27H29ClN4/c1-19-8-10-20(11-9-19)18-32(3)27(29-2)23-7-5-4-6-21(23)17-31-25-14-15-30-26-16-22(28)12-13-24(25)26/h4-16,27,29H,17-18H2,1-3H3,(H,30,31). The highest BCUT2D eigenvalue weighted by Gasteiger charge is 2.18. The highest BCUT2D eigenvalue weighted by molar-refractivity contribution is 6.31. The second-order valence-corrected chi connectivity index (χ2v) is 8.60. The smallest absolute Gasteiger partial charge is 0.0862 e. The lowest BCUT2D eigenvalue weighted by molar-refractivity contribution is 0.207. The van der Waals surface area contributed by atoms with Crippen LogP contribution in [0.2, 0.25) is 5.02 Å². The number of hydrogen-bond donors (Lipinski definition) is 2. The third kappa shape index (κ3) is 5.10. The van der Waals surface area contributed by atoms with E-state index in [1.54, 1.807) is 0 Å². The second kappa shape index (κ2) is 10.1. The molecule has 32 heavy (non-hydrogen) atoms. The molecule has 0 spiro atoms. The molecule has 5 heteroatoms. The van der Waals surface area contributed by atoms with Crippen molar-refractivity contribution in [2.24, 2.45) is 0 Å². The van der Waals surface area contributed by atoms with Gasteiger partial charge in [-0.25, -0.2) is 0 Å². The Morgan fingerprint density at radius 2 is 1.78 bits per heavy atom. The van der Waals surface area contributed by atoms with Crippen LogP contribution in [0.1, 0.15) is 28.4 Å². The molecule has 0 bridgehead atoms. The average molecular weight is 445 g/mol. The van der Waals surface area contributed by atoms with E-state index in [4.69, 9.17) is 11.6 Å². The normalized spacial score (nSPS) is 12.3. The van der Waals surface area contributed by atoms with Gasteiger partial charge in [-0.3, -0.25) is 9.88 Å². The first kappa shape index (κ1) is 22.3. The molecule has 2 N–H and O–H groups in total. The lowest BCUT2D eigenvalue weighted by Crippen LogP contribution is -2.34. The van der Waals surface area contributed by atoms with Crippen LogP contribution in [-0.4, -0.2) is 24.0 Å². The van der Waals surface area contributed by atoms with Crippen LogP contribution in [0.5, 0.6) is 0 Å². The van der Waals surface area contributed by atoms with E-state index in [-0.39, 0.29) is 6.17 Å². The Balaban J connectivity index is 1.54. The van der Waals surface area contributed by atoms with Crippen molar-refractivity contribution in [3.8, 4) is 0 Å². The summed E-state index contributed by atoms with van der Waals surface area (Å²) in [6, 6.07) is 25.2. The monoisotopic (exact) mass is 444 g/mol. The quantitative estimate of drug-likeness (QED) is 0.319. The molecule has 0 saturated heterocycles. The second-order valence-electron chi connectivity index (χ2n) is 8.16. The zero-order valence-corrected chi connectivity index (χ0v) is 19.5. The van der Waals surface area contributed by atoms with Gasteiger partial charge in [-0.2, -0.15) is 0 Å². The fraction of sp³-hybridized carbons (Fsp3) is 0.222. The molecule has 0 aliphatic rings. The third-order valence-electron chi connectivity index (χ3n) is 5.79. The van der Waals surface area contributed by atoms with E-state index in [0.717, 1.165) is 23.1 Å². The minimum Gasteiger partial charge on any atom is -0.380 e. The van der Waals surface area contributed by atoms with Gasteiger partial charge < -0.3 is 10.6 Å². The van der Waals surface area contributed by atoms with E-state index in [9.17, 15) is 0 Å². The maximum Gasteiger partial charge on any atom is 0.0862 e. The first-order valence-electron chi connectivity index (χ1n) is 10.8. The zero-order valence-electron chi connectivity index (χ0n) is 18.8. The maximum atomic E-state index is 6.14. The van der Waals surface area contributed by atoms with Gasteiger partial charge in [0.1, 0.15) is 0 Å². The van der Waals surface area contributed by atoms with Gasteiger partial charge in [0.25, 0.3) is 0 Å². The Bertz CT molecular complexity index is 1190. The topological polar surface area (TPSA) is 40.2 Å². The lowest BCUT2D eigenvalue weighted by Gasteiger charge is -2.30. The molecule has 4 nitrogen and oxygen atoms in total. The molecule has 4 rings (SSSR count). The molecular formula is C27H29ClN4. The van der Waals surface area contributed by atoms with Gasteiger partial charge in [-0.1, -0.05) is 65.7 Å². The molecule has 0 saturated carbocycles. The fourth-order valence-electron chi connectivity index (χ4n) is 4.11. The summed E-state index contributed by atoms with van der Waals surface area (Å²) in [6.07, 6.45) is 1.92. The SMILES string of the molecule is CNC(c1ccccc1CNc1ccnc2cc(Cl)ccc12)N(C)Cc1ccc(C)cc1. The number of aromatic nitrogens is 1. The van der Waals surface area contributed by atoms with E-state index in [0.29, 0.717) is 11.6 Å². The van der Waals surface area contributed by atoms with Gasteiger partial charge in [0.2, 0.25) is 0 Å². The van der Waals surface area contributed by atoms with Crippen molar-refractivity contribution >= 4 is 28.2 Å². The molecule has 1 atom stereocenters. The number of anilines is 1. The van der Waals surface area contributed by atoms with Crippen molar-refractivity contribution < 1.29 is 0 Å². The minimum absolute atomic E-state index is 0.0993. The first-order valence-corrected chi connectivity index (χ1v) is 11.2. The van der Waals surface area contributed by atoms with E-state index in [2.05, 4.69) is 83.0 Å². The molecule has 1 aromatic heterocycles. The van der Waals surface area contributed by atoms with Crippen LogP contribution in [0.3, 0.4) is 0 Å². The van der Waals surface area contributed by atoms with Gasteiger partial charge in [0, 0.05) is 35.4 Å². The largest absolute Gasteiger partial charge is 0.380 e. The Kier molecular flexibility index (Phi) is 7.05. The van der Waals surface area contributed by atoms with E-state index >= 15 is 0 Å². The molecule has 0 amide bonds. The molecule has 0 aliphatic heterocycles.